The van der Waals surface area contributed by atoms with E-state index in [1.165, 1.54) is 6.92 Å². The van der Waals surface area contributed by atoms with E-state index in [1.807, 2.05) is 6.92 Å². The summed E-state index contributed by atoms with van der Waals surface area (Å²) in [5, 5.41) is 0.631. The van der Waals surface area contributed by atoms with Gasteiger partial charge in [0.2, 0.25) is 0 Å². The average molecular weight is 187 g/mol. The molecule has 0 bridgehead atoms. The van der Waals surface area contributed by atoms with Crippen LogP contribution in [0.25, 0.3) is 0 Å². The highest BCUT2D eigenvalue weighted by molar-refractivity contribution is 6.32. The van der Waals surface area contributed by atoms with Gasteiger partial charge in [-0.15, -0.1) is 0 Å². The van der Waals surface area contributed by atoms with E-state index in [9.17, 15) is 4.79 Å². The zero-order chi connectivity index (χ0) is 9.30. The minimum absolute atomic E-state index is 0.0866. The number of furan rings is 1. The molecule has 3 heteroatoms. The van der Waals surface area contributed by atoms with Gasteiger partial charge in [-0.25, -0.2) is 0 Å². The Labute approximate surface area is 76.5 Å². The number of carbonyl (C=O) groups excluding carboxylic acids is 1. The van der Waals surface area contributed by atoms with Gasteiger partial charge < -0.3 is 4.42 Å². The predicted molar refractivity (Wildman–Crippen MR) is 47.6 cm³/mol. The van der Waals surface area contributed by atoms with Gasteiger partial charge in [-0.1, -0.05) is 11.6 Å². The van der Waals surface area contributed by atoms with Gasteiger partial charge in [0.25, 0.3) is 0 Å². The molecule has 0 radical (unpaired) electrons. The van der Waals surface area contributed by atoms with Crippen LogP contribution in [0.1, 0.15) is 24.0 Å². The van der Waals surface area contributed by atoms with Gasteiger partial charge in [0.15, 0.2) is 0 Å². The lowest BCUT2D eigenvalue weighted by Crippen LogP contribution is -1.95. The van der Waals surface area contributed by atoms with Crippen molar-refractivity contribution in [2.45, 2.75) is 27.2 Å². The molecule has 0 aromatic carbocycles. The Balaban J connectivity index is 3.01. The predicted octanol–water partition coefficient (Wildman–Crippen LogP) is 2.68. The smallest absolute Gasteiger partial charge is 0.137 e. The third-order valence-electron chi connectivity index (χ3n) is 1.74. The number of rotatable bonds is 2. The van der Waals surface area contributed by atoms with Crippen LogP contribution >= 0.6 is 11.6 Å². The summed E-state index contributed by atoms with van der Waals surface area (Å²) in [5.41, 5.74) is 0.879. The van der Waals surface area contributed by atoms with Gasteiger partial charge in [0.05, 0.1) is 11.4 Å². The second-order valence-electron chi connectivity index (χ2n) is 2.90. The first-order chi connectivity index (χ1) is 5.52. The number of hydrogen-bond acceptors (Lipinski definition) is 2. The van der Waals surface area contributed by atoms with E-state index in [2.05, 4.69) is 0 Å². The minimum Gasteiger partial charge on any atom is -0.464 e. The Bertz CT molecular complexity index is 313. The fraction of sp³-hybridized carbons (Fsp3) is 0.444. The maximum atomic E-state index is 10.8. The number of carbonyl (C=O) groups is 1. The molecule has 0 N–H and O–H groups in total. The van der Waals surface area contributed by atoms with Crippen molar-refractivity contribution in [3.8, 4) is 0 Å². The SMILES string of the molecule is CC(=O)Cc1oc(C)c(Cl)c1C. The van der Waals surface area contributed by atoms with E-state index in [1.54, 1.807) is 6.92 Å². The van der Waals surface area contributed by atoms with Gasteiger partial charge >= 0.3 is 0 Å². The summed E-state index contributed by atoms with van der Waals surface area (Å²) in [6, 6.07) is 0. The van der Waals surface area contributed by atoms with E-state index >= 15 is 0 Å². The molecule has 12 heavy (non-hydrogen) atoms. The first-order valence-corrected chi connectivity index (χ1v) is 4.14. The second kappa shape index (κ2) is 3.31. The Morgan fingerprint density at radius 3 is 2.42 bits per heavy atom. The van der Waals surface area contributed by atoms with Crippen molar-refractivity contribution in [2.24, 2.45) is 0 Å². The van der Waals surface area contributed by atoms with Crippen LogP contribution in [0.4, 0.5) is 0 Å². The Morgan fingerprint density at radius 1 is 1.50 bits per heavy atom. The van der Waals surface area contributed by atoms with Gasteiger partial charge in [-0.2, -0.15) is 0 Å². The molecule has 0 aliphatic carbocycles. The van der Waals surface area contributed by atoms with Crippen LogP contribution in [0.3, 0.4) is 0 Å². The van der Waals surface area contributed by atoms with Crippen molar-refractivity contribution < 1.29 is 9.21 Å². The van der Waals surface area contributed by atoms with Crippen LogP contribution in [0.2, 0.25) is 5.02 Å². The summed E-state index contributed by atoms with van der Waals surface area (Å²) in [5.74, 6) is 1.46. The van der Waals surface area contributed by atoms with Gasteiger partial charge in [0, 0.05) is 5.56 Å². The molecular weight excluding hydrogens is 176 g/mol. The first kappa shape index (κ1) is 9.33. The van der Waals surface area contributed by atoms with Crippen molar-refractivity contribution >= 4 is 17.4 Å². The van der Waals surface area contributed by atoms with Crippen molar-refractivity contribution in [3.63, 3.8) is 0 Å². The molecule has 0 saturated carbocycles. The second-order valence-corrected chi connectivity index (χ2v) is 3.28. The molecule has 0 amide bonds. The highest BCUT2D eigenvalue weighted by atomic mass is 35.5. The highest BCUT2D eigenvalue weighted by Crippen LogP contribution is 2.26. The van der Waals surface area contributed by atoms with Crippen molar-refractivity contribution in [1.29, 1.82) is 0 Å². The maximum absolute atomic E-state index is 10.8. The van der Waals surface area contributed by atoms with Gasteiger partial charge in [-0.05, 0) is 20.8 Å². The standard InChI is InChI=1S/C9H11ClO2/c1-5(11)4-8-6(2)9(10)7(3)12-8/h4H2,1-3H3. The average Bonchev–Trinajstić information content (AvgIpc) is 2.17. The molecule has 1 rings (SSSR count). The van der Waals surface area contributed by atoms with Crippen molar-refractivity contribution in [1.82, 2.24) is 0 Å². The third-order valence-corrected chi connectivity index (χ3v) is 2.29. The summed E-state index contributed by atoms with van der Waals surface area (Å²) < 4.78 is 5.30. The quantitative estimate of drug-likeness (QED) is 0.711. The summed E-state index contributed by atoms with van der Waals surface area (Å²) in [4.78, 5) is 10.8. The number of hydrogen-bond donors (Lipinski definition) is 0. The third kappa shape index (κ3) is 1.69. The number of aryl methyl sites for hydroxylation is 1. The molecule has 1 heterocycles. The lowest BCUT2D eigenvalue weighted by atomic mass is 10.2. The molecule has 1 aromatic heterocycles. The minimum atomic E-state index is 0.0866. The molecule has 0 unspecified atom stereocenters. The molecule has 0 fully saturated rings. The molecule has 0 saturated heterocycles. The summed E-state index contributed by atoms with van der Waals surface area (Å²) in [7, 11) is 0. The zero-order valence-corrected chi connectivity index (χ0v) is 8.16. The normalized spacial score (nSPS) is 10.3. The van der Waals surface area contributed by atoms with E-state index in [0.29, 0.717) is 23.0 Å². The Morgan fingerprint density at radius 2 is 2.08 bits per heavy atom. The van der Waals surface area contributed by atoms with Crippen LogP contribution in [-0.4, -0.2) is 5.78 Å². The Hall–Kier alpha value is -0.760. The molecule has 0 spiro atoms. The van der Waals surface area contributed by atoms with E-state index in [-0.39, 0.29) is 5.78 Å². The molecule has 2 nitrogen and oxygen atoms in total. The van der Waals surface area contributed by atoms with E-state index < -0.39 is 0 Å². The van der Waals surface area contributed by atoms with Crippen LogP contribution in [-0.2, 0) is 11.2 Å². The summed E-state index contributed by atoms with van der Waals surface area (Å²) in [6.07, 6.45) is 0.333. The zero-order valence-electron chi connectivity index (χ0n) is 7.40. The fourth-order valence-corrected chi connectivity index (χ4v) is 1.23. The largest absolute Gasteiger partial charge is 0.464 e. The molecular formula is C9H11ClO2. The van der Waals surface area contributed by atoms with Crippen LogP contribution in [0.5, 0.6) is 0 Å². The first-order valence-electron chi connectivity index (χ1n) is 3.76. The lowest BCUT2D eigenvalue weighted by Gasteiger charge is -1.92. The maximum Gasteiger partial charge on any atom is 0.137 e. The summed E-state index contributed by atoms with van der Waals surface area (Å²) >= 11 is 5.88. The summed E-state index contributed by atoms with van der Waals surface area (Å²) in [6.45, 7) is 5.18. The monoisotopic (exact) mass is 186 g/mol. The number of Topliss-reactive ketones (excluding diaryl/α,β-unsaturated/α-hetero) is 1. The molecule has 66 valence electrons. The van der Waals surface area contributed by atoms with Crippen LogP contribution < -0.4 is 0 Å². The van der Waals surface area contributed by atoms with Crippen LogP contribution in [0.15, 0.2) is 4.42 Å². The molecule has 1 aromatic rings. The number of ketones is 1. The fourth-order valence-electron chi connectivity index (χ4n) is 1.09. The molecule has 0 atom stereocenters. The van der Waals surface area contributed by atoms with E-state index in [0.717, 1.165) is 5.56 Å². The van der Waals surface area contributed by atoms with E-state index in [4.69, 9.17) is 16.0 Å². The number of halogens is 1. The van der Waals surface area contributed by atoms with Gasteiger partial charge in [0.1, 0.15) is 17.3 Å². The Kier molecular flexibility index (Phi) is 2.58. The highest BCUT2D eigenvalue weighted by Gasteiger charge is 2.12. The topological polar surface area (TPSA) is 30.2 Å². The van der Waals surface area contributed by atoms with Gasteiger partial charge in [-0.3, -0.25) is 4.79 Å². The molecule has 0 aliphatic rings. The van der Waals surface area contributed by atoms with Crippen LogP contribution in [0, 0.1) is 13.8 Å². The van der Waals surface area contributed by atoms with Crippen molar-refractivity contribution in [3.05, 3.63) is 22.1 Å². The van der Waals surface area contributed by atoms with Crippen molar-refractivity contribution in [2.75, 3.05) is 0 Å². The lowest BCUT2D eigenvalue weighted by molar-refractivity contribution is -0.116. The molecule has 0 aliphatic heterocycles.